The molecule has 0 atom stereocenters. The van der Waals surface area contributed by atoms with Crippen molar-refractivity contribution in [2.45, 2.75) is 13.8 Å². The van der Waals surface area contributed by atoms with Crippen molar-refractivity contribution in [1.29, 1.82) is 0 Å². The molecule has 0 bridgehead atoms. The van der Waals surface area contributed by atoms with Crippen LogP contribution in [0.3, 0.4) is 0 Å². The van der Waals surface area contributed by atoms with Crippen molar-refractivity contribution in [2.75, 3.05) is 33.9 Å². The summed E-state index contributed by atoms with van der Waals surface area (Å²) in [5, 5.41) is 3.05. The molecule has 0 unspecified atom stereocenters. The second-order valence-corrected chi connectivity index (χ2v) is 4.23. The van der Waals surface area contributed by atoms with Crippen LogP contribution in [0.5, 0.6) is 5.75 Å². The standard InChI is InChI=1S/C14H21NO3/c1-10-8-14(18-4)11(2)7-12(10)13(16)9-15-5-6-17-3/h7-8,15H,5-6,9H2,1-4H3. The topological polar surface area (TPSA) is 47.6 Å². The van der Waals surface area contributed by atoms with Crippen LogP contribution in [-0.4, -0.2) is 39.7 Å². The maximum Gasteiger partial charge on any atom is 0.176 e. The van der Waals surface area contributed by atoms with Crippen molar-refractivity contribution in [1.82, 2.24) is 5.32 Å². The normalized spacial score (nSPS) is 10.4. The lowest BCUT2D eigenvalue weighted by atomic mass is 10.0. The van der Waals surface area contributed by atoms with Crippen molar-refractivity contribution in [3.8, 4) is 5.75 Å². The Labute approximate surface area is 108 Å². The fourth-order valence-corrected chi connectivity index (χ4v) is 1.78. The monoisotopic (exact) mass is 251 g/mol. The molecule has 0 spiro atoms. The summed E-state index contributed by atoms with van der Waals surface area (Å²) in [7, 11) is 3.27. The van der Waals surface area contributed by atoms with Gasteiger partial charge < -0.3 is 14.8 Å². The van der Waals surface area contributed by atoms with Crippen molar-refractivity contribution >= 4 is 5.78 Å². The van der Waals surface area contributed by atoms with E-state index in [1.165, 1.54) is 0 Å². The van der Waals surface area contributed by atoms with E-state index in [-0.39, 0.29) is 5.78 Å². The molecule has 1 aromatic rings. The molecule has 0 aliphatic heterocycles. The third-order valence-electron chi connectivity index (χ3n) is 2.81. The predicted molar refractivity (Wildman–Crippen MR) is 71.5 cm³/mol. The van der Waals surface area contributed by atoms with Crippen LogP contribution in [0.15, 0.2) is 12.1 Å². The Hall–Kier alpha value is -1.39. The van der Waals surface area contributed by atoms with Gasteiger partial charge in [-0.15, -0.1) is 0 Å². The summed E-state index contributed by atoms with van der Waals surface area (Å²) in [6.45, 7) is 5.47. The first-order valence-corrected chi connectivity index (χ1v) is 5.98. The number of benzene rings is 1. The Kier molecular flexibility index (Phi) is 5.82. The average Bonchev–Trinajstić information content (AvgIpc) is 2.36. The van der Waals surface area contributed by atoms with Gasteiger partial charge in [-0.2, -0.15) is 0 Å². The number of rotatable bonds is 7. The number of aryl methyl sites for hydroxylation is 2. The largest absolute Gasteiger partial charge is 0.496 e. The van der Waals surface area contributed by atoms with Gasteiger partial charge in [0.1, 0.15) is 5.75 Å². The van der Waals surface area contributed by atoms with Crippen LogP contribution >= 0.6 is 0 Å². The quantitative estimate of drug-likeness (QED) is 0.592. The van der Waals surface area contributed by atoms with Crippen molar-refractivity contribution < 1.29 is 14.3 Å². The first-order chi connectivity index (χ1) is 8.60. The molecule has 1 aromatic carbocycles. The molecule has 1 N–H and O–H groups in total. The first-order valence-electron chi connectivity index (χ1n) is 5.98. The molecular formula is C14H21NO3. The summed E-state index contributed by atoms with van der Waals surface area (Å²) >= 11 is 0. The minimum absolute atomic E-state index is 0.0920. The van der Waals surface area contributed by atoms with Crippen LogP contribution in [0.2, 0.25) is 0 Å². The number of hydrogen-bond donors (Lipinski definition) is 1. The van der Waals surface area contributed by atoms with Gasteiger partial charge in [0, 0.05) is 19.2 Å². The number of methoxy groups -OCH3 is 2. The number of hydrogen-bond acceptors (Lipinski definition) is 4. The van der Waals surface area contributed by atoms with Gasteiger partial charge >= 0.3 is 0 Å². The summed E-state index contributed by atoms with van der Waals surface area (Å²) in [5.41, 5.74) is 2.66. The lowest BCUT2D eigenvalue weighted by molar-refractivity contribution is 0.0987. The van der Waals surface area contributed by atoms with Crippen LogP contribution in [-0.2, 0) is 4.74 Å². The molecule has 0 saturated carbocycles. The highest BCUT2D eigenvalue weighted by Gasteiger charge is 2.11. The van der Waals surface area contributed by atoms with E-state index in [2.05, 4.69) is 5.32 Å². The molecule has 0 saturated heterocycles. The zero-order valence-corrected chi connectivity index (χ0v) is 11.5. The Balaban J connectivity index is 2.71. The van der Waals surface area contributed by atoms with Crippen molar-refractivity contribution in [3.05, 3.63) is 28.8 Å². The molecule has 4 nitrogen and oxygen atoms in total. The molecule has 18 heavy (non-hydrogen) atoms. The van der Waals surface area contributed by atoms with Gasteiger partial charge in [0.2, 0.25) is 0 Å². The van der Waals surface area contributed by atoms with Crippen LogP contribution < -0.4 is 10.1 Å². The van der Waals surface area contributed by atoms with Crippen LogP contribution in [0.1, 0.15) is 21.5 Å². The highest BCUT2D eigenvalue weighted by atomic mass is 16.5. The lowest BCUT2D eigenvalue weighted by Crippen LogP contribution is -2.26. The van der Waals surface area contributed by atoms with E-state index in [4.69, 9.17) is 9.47 Å². The smallest absolute Gasteiger partial charge is 0.176 e. The molecule has 4 heteroatoms. The van der Waals surface area contributed by atoms with E-state index in [9.17, 15) is 4.79 Å². The molecule has 100 valence electrons. The highest BCUT2D eigenvalue weighted by molar-refractivity contribution is 5.99. The van der Waals surface area contributed by atoms with E-state index in [0.717, 1.165) is 22.4 Å². The lowest BCUT2D eigenvalue weighted by Gasteiger charge is -2.11. The predicted octanol–water partition coefficient (Wildman–Crippen LogP) is 1.73. The van der Waals surface area contributed by atoms with Crippen molar-refractivity contribution in [2.24, 2.45) is 0 Å². The zero-order valence-electron chi connectivity index (χ0n) is 11.5. The second kappa shape index (κ2) is 7.13. The van der Waals surface area contributed by atoms with Gasteiger partial charge in [-0.05, 0) is 37.1 Å². The van der Waals surface area contributed by atoms with Gasteiger partial charge in [0.15, 0.2) is 5.78 Å². The summed E-state index contributed by atoms with van der Waals surface area (Å²) in [6.07, 6.45) is 0. The Morgan fingerprint density at radius 2 is 1.94 bits per heavy atom. The number of Topliss-reactive ketones (excluding diaryl/α,β-unsaturated/α-hetero) is 1. The van der Waals surface area contributed by atoms with E-state index >= 15 is 0 Å². The number of ether oxygens (including phenoxy) is 2. The fourth-order valence-electron chi connectivity index (χ4n) is 1.78. The third kappa shape index (κ3) is 3.82. The third-order valence-corrected chi connectivity index (χ3v) is 2.81. The minimum atomic E-state index is 0.0920. The molecule has 0 aliphatic rings. The molecule has 0 aromatic heterocycles. The maximum atomic E-state index is 12.0. The van der Waals surface area contributed by atoms with Gasteiger partial charge in [-0.25, -0.2) is 0 Å². The van der Waals surface area contributed by atoms with Gasteiger partial charge in [-0.3, -0.25) is 4.79 Å². The number of carbonyl (C=O) groups excluding carboxylic acids is 1. The van der Waals surface area contributed by atoms with Crippen molar-refractivity contribution in [3.63, 3.8) is 0 Å². The highest BCUT2D eigenvalue weighted by Crippen LogP contribution is 2.22. The first kappa shape index (κ1) is 14.7. The molecule has 1 rings (SSSR count). The SMILES string of the molecule is COCCNCC(=O)c1cc(C)c(OC)cc1C. The molecule has 0 radical (unpaired) electrons. The summed E-state index contributed by atoms with van der Waals surface area (Å²) in [5.74, 6) is 0.908. The fraction of sp³-hybridized carbons (Fsp3) is 0.500. The Bertz CT molecular complexity index is 416. The maximum absolute atomic E-state index is 12.0. The molecule has 0 heterocycles. The van der Waals surface area contributed by atoms with Crippen LogP contribution in [0.25, 0.3) is 0 Å². The number of carbonyl (C=O) groups is 1. The summed E-state index contributed by atoms with van der Waals surface area (Å²) in [4.78, 5) is 12.0. The molecule has 0 fully saturated rings. The van der Waals surface area contributed by atoms with Gasteiger partial charge in [-0.1, -0.05) is 0 Å². The number of nitrogens with one attached hydrogen (secondary N) is 1. The molecule has 0 aliphatic carbocycles. The molecular weight excluding hydrogens is 230 g/mol. The van der Waals surface area contributed by atoms with E-state index in [1.807, 2.05) is 26.0 Å². The summed E-state index contributed by atoms with van der Waals surface area (Å²) < 4.78 is 10.1. The van der Waals surface area contributed by atoms with Crippen LogP contribution in [0, 0.1) is 13.8 Å². The molecule has 0 amide bonds. The second-order valence-electron chi connectivity index (χ2n) is 4.23. The van der Waals surface area contributed by atoms with E-state index < -0.39 is 0 Å². The van der Waals surface area contributed by atoms with Gasteiger partial charge in [0.05, 0.1) is 20.3 Å². The minimum Gasteiger partial charge on any atom is -0.496 e. The van der Waals surface area contributed by atoms with Crippen LogP contribution in [0.4, 0.5) is 0 Å². The van der Waals surface area contributed by atoms with Gasteiger partial charge in [0.25, 0.3) is 0 Å². The number of ketones is 1. The Morgan fingerprint density at radius 1 is 1.22 bits per heavy atom. The Morgan fingerprint density at radius 3 is 2.56 bits per heavy atom. The van der Waals surface area contributed by atoms with E-state index in [1.54, 1.807) is 14.2 Å². The zero-order chi connectivity index (χ0) is 13.5. The average molecular weight is 251 g/mol. The van der Waals surface area contributed by atoms with E-state index in [0.29, 0.717) is 19.7 Å². The summed E-state index contributed by atoms with van der Waals surface area (Å²) in [6, 6.07) is 3.78.